The van der Waals surface area contributed by atoms with Crippen LogP contribution in [-0.4, -0.2) is 27.8 Å². The van der Waals surface area contributed by atoms with Crippen molar-refractivity contribution in [3.63, 3.8) is 0 Å². The third-order valence-corrected chi connectivity index (χ3v) is 4.84. The number of aromatic nitrogens is 2. The number of nitrogens with one attached hydrogen (secondary N) is 1. The number of carbonyl (C=O) groups excluding carboxylic acids is 1. The second-order valence-electron chi connectivity index (χ2n) is 5.14. The van der Waals surface area contributed by atoms with Crippen molar-refractivity contribution < 1.29 is 4.79 Å². The van der Waals surface area contributed by atoms with Gasteiger partial charge in [0.05, 0.1) is 5.25 Å². The Kier molecular flexibility index (Phi) is 5.76. The standard InChI is InChI=1S/C15H19N3OS2/c1-10(2)9-16-14-17-18-15(21-14)20-11(3)13(19)12-7-5-4-6-8-12/h4-8,10-11H,9H2,1-3H3,(H,16,17). The van der Waals surface area contributed by atoms with Crippen LogP contribution in [-0.2, 0) is 0 Å². The Labute approximate surface area is 133 Å². The summed E-state index contributed by atoms with van der Waals surface area (Å²) in [5.74, 6) is 0.677. The van der Waals surface area contributed by atoms with E-state index in [9.17, 15) is 4.79 Å². The van der Waals surface area contributed by atoms with Gasteiger partial charge in [0.15, 0.2) is 10.1 Å². The number of hydrogen-bond donors (Lipinski definition) is 1. The monoisotopic (exact) mass is 321 g/mol. The Bertz CT molecular complexity index is 584. The van der Waals surface area contributed by atoms with Crippen LogP contribution in [0.4, 0.5) is 5.13 Å². The SMILES string of the molecule is CC(C)CNc1nnc(SC(C)C(=O)c2ccccc2)s1. The molecule has 1 N–H and O–H groups in total. The zero-order chi connectivity index (χ0) is 15.2. The molecule has 0 bridgehead atoms. The molecule has 1 heterocycles. The van der Waals surface area contributed by atoms with Crippen molar-refractivity contribution in [2.75, 3.05) is 11.9 Å². The summed E-state index contributed by atoms with van der Waals surface area (Å²) in [5, 5.41) is 12.1. The Morgan fingerprint density at radius 2 is 1.95 bits per heavy atom. The highest BCUT2D eigenvalue weighted by Gasteiger charge is 2.18. The number of rotatable bonds is 7. The molecular formula is C15H19N3OS2. The van der Waals surface area contributed by atoms with Gasteiger partial charge in [0, 0.05) is 12.1 Å². The maximum absolute atomic E-state index is 12.3. The molecule has 0 saturated heterocycles. The largest absolute Gasteiger partial charge is 0.360 e. The van der Waals surface area contributed by atoms with Gasteiger partial charge < -0.3 is 5.32 Å². The van der Waals surface area contributed by atoms with Crippen molar-refractivity contribution in [2.24, 2.45) is 5.92 Å². The average Bonchev–Trinajstić information content (AvgIpc) is 2.92. The second kappa shape index (κ2) is 7.56. The van der Waals surface area contributed by atoms with Gasteiger partial charge in [-0.3, -0.25) is 4.79 Å². The van der Waals surface area contributed by atoms with Gasteiger partial charge in [0.25, 0.3) is 0 Å². The lowest BCUT2D eigenvalue weighted by molar-refractivity contribution is 0.0994. The maximum Gasteiger partial charge on any atom is 0.206 e. The van der Waals surface area contributed by atoms with Crippen molar-refractivity contribution in [1.82, 2.24) is 10.2 Å². The van der Waals surface area contributed by atoms with Crippen LogP contribution < -0.4 is 5.32 Å². The zero-order valence-corrected chi connectivity index (χ0v) is 14.0. The second-order valence-corrected chi connectivity index (χ2v) is 7.70. The molecule has 0 aliphatic heterocycles. The number of hydrogen-bond acceptors (Lipinski definition) is 6. The van der Waals surface area contributed by atoms with Crippen LogP contribution >= 0.6 is 23.1 Å². The normalized spacial score (nSPS) is 12.4. The number of carbonyl (C=O) groups is 1. The summed E-state index contributed by atoms with van der Waals surface area (Å²) in [6.45, 7) is 7.06. The lowest BCUT2D eigenvalue weighted by Gasteiger charge is -2.07. The third kappa shape index (κ3) is 4.82. The zero-order valence-electron chi connectivity index (χ0n) is 12.4. The predicted molar refractivity (Wildman–Crippen MR) is 89.3 cm³/mol. The van der Waals surface area contributed by atoms with Crippen LogP contribution in [0.1, 0.15) is 31.1 Å². The molecule has 1 unspecified atom stereocenters. The molecule has 0 spiro atoms. The van der Waals surface area contributed by atoms with Crippen LogP contribution in [0.15, 0.2) is 34.7 Å². The minimum Gasteiger partial charge on any atom is -0.360 e. The van der Waals surface area contributed by atoms with E-state index in [1.807, 2.05) is 37.3 Å². The first-order valence-corrected chi connectivity index (χ1v) is 8.59. The van der Waals surface area contributed by atoms with E-state index in [2.05, 4.69) is 29.4 Å². The number of benzene rings is 1. The number of ketones is 1. The molecule has 4 nitrogen and oxygen atoms in total. The van der Waals surface area contributed by atoms with E-state index < -0.39 is 0 Å². The molecule has 6 heteroatoms. The molecule has 1 aromatic carbocycles. The molecule has 0 aliphatic carbocycles. The fraction of sp³-hybridized carbons (Fsp3) is 0.400. The summed E-state index contributed by atoms with van der Waals surface area (Å²) in [5.41, 5.74) is 0.736. The number of thioether (sulfide) groups is 1. The Balaban J connectivity index is 1.93. The van der Waals surface area contributed by atoms with E-state index in [1.54, 1.807) is 0 Å². The third-order valence-electron chi connectivity index (χ3n) is 2.77. The highest BCUT2D eigenvalue weighted by atomic mass is 32.2. The Morgan fingerprint density at radius 1 is 1.24 bits per heavy atom. The van der Waals surface area contributed by atoms with E-state index in [0.29, 0.717) is 5.92 Å². The fourth-order valence-corrected chi connectivity index (χ4v) is 3.64. The summed E-state index contributed by atoms with van der Waals surface area (Å²) < 4.78 is 0.818. The van der Waals surface area contributed by atoms with Crippen LogP contribution in [0.3, 0.4) is 0 Å². The first-order chi connectivity index (χ1) is 10.1. The average molecular weight is 321 g/mol. The molecule has 0 saturated carbocycles. The molecule has 2 rings (SSSR count). The number of nitrogens with zero attached hydrogens (tertiary/aromatic N) is 2. The van der Waals surface area contributed by atoms with Gasteiger partial charge in [-0.25, -0.2) is 0 Å². The minimum atomic E-state index is -0.168. The van der Waals surface area contributed by atoms with Crippen molar-refractivity contribution in [3.8, 4) is 0 Å². The van der Waals surface area contributed by atoms with Crippen molar-refractivity contribution in [2.45, 2.75) is 30.4 Å². The summed E-state index contributed by atoms with van der Waals surface area (Å²) in [7, 11) is 0. The fourth-order valence-electron chi connectivity index (χ4n) is 1.66. The van der Waals surface area contributed by atoms with Gasteiger partial charge >= 0.3 is 0 Å². The molecule has 21 heavy (non-hydrogen) atoms. The topological polar surface area (TPSA) is 54.9 Å². The predicted octanol–water partition coefficient (Wildman–Crippen LogP) is 3.97. The lowest BCUT2D eigenvalue weighted by Crippen LogP contribution is -2.13. The van der Waals surface area contributed by atoms with Gasteiger partial charge in [0.1, 0.15) is 0 Å². The minimum absolute atomic E-state index is 0.118. The molecule has 0 fully saturated rings. The van der Waals surface area contributed by atoms with Gasteiger partial charge in [-0.05, 0) is 12.8 Å². The van der Waals surface area contributed by atoms with E-state index in [-0.39, 0.29) is 11.0 Å². The van der Waals surface area contributed by atoms with Gasteiger partial charge in [0.2, 0.25) is 5.13 Å². The van der Waals surface area contributed by atoms with Crippen LogP contribution in [0.2, 0.25) is 0 Å². The number of anilines is 1. The van der Waals surface area contributed by atoms with E-state index in [1.165, 1.54) is 23.1 Å². The van der Waals surface area contributed by atoms with Gasteiger partial charge in [-0.1, -0.05) is 67.3 Å². The van der Waals surface area contributed by atoms with E-state index >= 15 is 0 Å². The van der Waals surface area contributed by atoms with Crippen molar-refractivity contribution >= 4 is 34.0 Å². The highest BCUT2D eigenvalue weighted by molar-refractivity contribution is 8.02. The Hall–Kier alpha value is -1.40. The maximum atomic E-state index is 12.3. The lowest BCUT2D eigenvalue weighted by atomic mass is 10.1. The molecule has 0 amide bonds. The van der Waals surface area contributed by atoms with E-state index in [0.717, 1.165) is 21.6 Å². The summed E-state index contributed by atoms with van der Waals surface area (Å²) in [6, 6.07) is 9.35. The highest BCUT2D eigenvalue weighted by Crippen LogP contribution is 2.30. The van der Waals surface area contributed by atoms with Crippen molar-refractivity contribution in [3.05, 3.63) is 35.9 Å². The molecule has 112 valence electrons. The first kappa shape index (κ1) is 16.0. The summed E-state index contributed by atoms with van der Waals surface area (Å²) in [4.78, 5) is 12.3. The molecular weight excluding hydrogens is 302 g/mol. The van der Waals surface area contributed by atoms with Gasteiger partial charge in [-0.15, -0.1) is 10.2 Å². The molecule has 0 aliphatic rings. The van der Waals surface area contributed by atoms with Gasteiger partial charge in [-0.2, -0.15) is 0 Å². The smallest absolute Gasteiger partial charge is 0.206 e. The summed E-state index contributed by atoms with van der Waals surface area (Å²) in [6.07, 6.45) is 0. The van der Waals surface area contributed by atoms with Crippen LogP contribution in [0, 0.1) is 5.92 Å². The summed E-state index contributed by atoms with van der Waals surface area (Å²) >= 11 is 2.95. The van der Waals surface area contributed by atoms with Crippen LogP contribution in [0.5, 0.6) is 0 Å². The Morgan fingerprint density at radius 3 is 2.62 bits per heavy atom. The molecule has 1 aromatic heterocycles. The number of Topliss-reactive ketones (excluding diaryl/α,β-unsaturated/α-hetero) is 1. The first-order valence-electron chi connectivity index (χ1n) is 6.89. The van der Waals surface area contributed by atoms with Crippen molar-refractivity contribution in [1.29, 1.82) is 0 Å². The molecule has 2 aromatic rings. The van der Waals surface area contributed by atoms with Crippen LogP contribution in [0.25, 0.3) is 0 Å². The molecule has 0 radical (unpaired) electrons. The quantitative estimate of drug-likeness (QED) is 0.618. The van der Waals surface area contributed by atoms with E-state index in [4.69, 9.17) is 0 Å². The molecule has 1 atom stereocenters.